The van der Waals surface area contributed by atoms with E-state index >= 15 is 0 Å². The van der Waals surface area contributed by atoms with Gasteiger partial charge in [0.1, 0.15) is 30.0 Å². The van der Waals surface area contributed by atoms with Gasteiger partial charge in [-0.05, 0) is 57.1 Å². The summed E-state index contributed by atoms with van der Waals surface area (Å²) in [5, 5.41) is 4.35. The Morgan fingerprint density at radius 3 is 2.51 bits per heavy atom. The number of likely N-dealkylation sites (tertiary alicyclic amines) is 1. The molecule has 11 nitrogen and oxygen atoms in total. The summed E-state index contributed by atoms with van der Waals surface area (Å²) in [6.45, 7) is 23.1. The number of aromatic nitrogens is 3. The summed E-state index contributed by atoms with van der Waals surface area (Å²) in [4.78, 5) is 26.1. The molecule has 49 heavy (non-hydrogen) atoms. The van der Waals surface area contributed by atoms with Crippen LogP contribution in [0.4, 0.5) is 10.6 Å². The number of rotatable bonds is 11. The number of aliphatic imine (C=N–C) groups is 1. The summed E-state index contributed by atoms with van der Waals surface area (Å²) < 4.78 is 20.1. The maximum absolute atomic E-state index is 12.6. The predicted octanol–water partition coefficient (Wildman–Crippen LogP) is 6.95. The lowest BCUT2D eigenvalue weighted by Gasteiger charge is -2.34. The molecule has 0 spiro atoms. The normalized spacial score (nSPS) is 16.8. The van der Waals surface area contributed by atoms with E-state index in [0.717, 1.165) is 28.6 Å². The number of fused-ring (bicyclic) bond motifs is 1. The van der Waals surface area contributed by atoms with Crippen LogP contribution in [-0.2, 0) is 27.7 Å². The highest BCUT2D eigenvalue weighted by atomic mass is 28.3. The van der Waals surface area contributed by atoms with Gasteiger partial charge in [-0.1, -0.05) is 45.0 Å². The van der Waals surface area contributed by atoms with Gasteiger partial charge in [-0.15, -0.1) is 0 Å². The first-order valence-corrected chi connectivity index (χ1v) is 20.5. The molecule has 2 aliphatic heterocycles. The lowest BCUT2D eigenvalue weighted by molar-refractivity contribution is 0.00539. The standard InChI is InChI=1S/C37H53N7O4Si/c1-10-32(34(13-16-38)47-31-14-17-43(18-15-31)36(45)48-37(3,4)5)33-12-11-28-21-29(30-24-41-42(6)25-30)23-40-35(28)44(27(2)22-39-33)26-46-19-20-49(7,8)9/h10,12-13,16,21-25,31H,1-2,11,14-15,17-20,26,38H2,3-9H3/b16-13-,33-12?,34-32?,39-22?. The Kier molecular flexibility index (Phi) is 12.5. The van der Waals surface area contributed by atoms with E-state index in [2.05, 4.69) is 44.0 Å². The smallest absolute Gasteiger partial charge is 0.410 e. The fraction of sp³-hybridized carbons (Fsp3) is 0.459. The zero-order chi connectivity index (χ0) is 35.8. The highest BCUT2D eigenvalue weighted by molar-refractivity contribution is 6.76. The monoisotopic (exact) mass is 687 g/mol. The minimum Gasteiger partial charge on any atom is -0.490 e. The lowest BCUT2D eigenvalue weighted by Crippen LogP contribution is -2.43. The van der Waals surface area contributed by atoms with Crippen molar-refractivity contribution < 1.29 is 19.0 Å². The van der Waals surface area contributed by atoms with Gasteiger partial charge in [-0.25, -0.2) is 9.78 Å². The molecular weight excluding hydrogens is 635 g/mol. The molecule has 0 aromatic carbocycles. The van der Waals surface area contributed by atoms with Gasteiger partial charge in [0, 0.05) is 76.8 Å². The van der Waals surface area contributed by atoms with E-state index in [0.29, 0.717) is 68.4 Å². The van der Waals surface area contributed by atoms with Gasteiger partial charge >= 0.3 is 6.09 Å². The molecule has 1 saturated heterocycles. The van der Waals surface area contributed by atoms with Crippen molar-refractivity contribution in [3.63, 3.8) is 0 Å². The van der Waals surface area contributed by atoms with Gasteiger partial charge in [0.2, 0.25) is 0 Å². The van der Waals surface area contributed by atoms with Crippen molar-refractivity contribution in [2.24, 2.45) is 17.8 Å². The van der Waals surface area contributed by atoms with Crippen LogP contribution < -0.4 is 10.6 Å². The zero-order valence-corrected chi connectivity index (χ0v) is 31.2. The van der Waals surface area contributed by atoms with E-state index < -0.39 is 13.7 Å². The molecule has 1 fully saturated rings. The average molecular weight is 688 g/mol. The second kappa shape index (κ2) is 16.3. The first-order valence-electron chi connectivity index (χ1n) is 16.8. The quantitative estimate of drug-likeness (QED) is 0.117. The molecule has 0 unspecified atom stereocenters. The molecule has 4 rings (SSSR count). The lowest BCUT2D eigenvalue weighted by atomic mass is 10.0. The summed E-state index contributed by atoms with van der Waals surface area (Å²) >= 11 is 0. The van der Waals surface area contributed by atoms with E-state index in [-0.39, 0.29) is 12.2 Å². The van der Waals surface area contributed by atoms with Crippen LogP contribution in [0.5, 0.6) is 0 Å². The number of anilines is 1. The summed E-state index contributed by atoms with van der Waals surface area (Å²) in [5.74, 6) is 1.31. The van der Waals surface area contributed by atoms with E-state index in [9.17, 15) is 4.79 Å². The van der Waals surface area contributed by atoms with Gasteiger partial charge in [-0.3, -0.25) is 9.67 Å². The Balaban J connectivity index is 1.64. The summed E-state index contributed by atoms with van der Waals surface area (Å²) in [5.41, 5.74) is 10.3. The van der Waals surface area contributed by atoms with Crippen molar-refractivity contribution in [2.45, 2.75) is 77.4 Å². The number of hydrogen-bond donors (Lipinski definition) is 1. The number of pyridine rings is 1. The third-order valence-electron chi connectivity index (χ3n) is 8.05. The van der Waals surface area contributed by atoms with E-state index in [1.807, 2.05) is 57.4 Å². The van der Waals surface area contributed by atoms with Crippen LogP contribution in [-0.4, -0.2) is 78.2 Å². The molecular formula is C37H53N7O4Si. The number of nitrogens with two attached hydrogens (primary N) is 1. The van der Waals surface area contributed by atoms with Gasteiger partial charge < -0.3 is 29.7 Å². The third kappa shape index (κ3) is 10.8. The number of amides is 1. The third-order valence-corrected chi connectivity index (χ3v) is 9.75. The first kappa shape index (κ1) is 37.4. The molecule has 0 saturated carbocycles. The average Bonchev–Trinajstić information content (AvgIpc) is 3.49. The van der Waals surface area contributed by atoms with Gasteiger partial charge in [0.05, 0.1) is 23.8 Å². The zero-order valence-electron chi connectivity index (χ0n) is 30.2. The highest BCUT2D eigenvalue weighted by Gasteiger charge is 2.28. The van der Waals surface area contributed by atoms with E-state index in [1.54, 1.807) is 27.9 Å². The van der Waals surface area contributed by atoms with Gasteiger partial charge in [0.25, 0.3) is 0 Å². The molecule has 2 aromatic heterocycles. The Bertz CT molecular complexity index is 1620. The largest absolute Gasteiger partial charge is 0.490 e. The van der Waals surface area contributed by atoms with Crippen molar-refractivity contribution in [3.05, 3.63) is 90.5 Å². The predicted molar refractivity (Wildman–Crippen MR) is 200 cm³/mol. The minimum absolute atomic E-state index is 0.133. The molecule has 0 atom stereocenters. The SMILES string of the molecule is C=CC(C1=CCc2cc(-c3cnn(C)c3)cnc2N(COCC[Si](C)(C)C)C(=C)C=N1)=C(/C=C\N)OC1CCN(C(=O)OC(C)(C)C)CC1. The number of ether oxygens (including phenoxy) is 3. The van der Waals surface area contributed by atoms with Crippen LogP contribution in [0, 0.1) is 0 Å². The summed E-state index contributed by atoms with van der Waals surface area (Å²) in [7, 11) is 0.629. The molecule has 0 aliphatic carbocycles. The number of hydrogen-bond acceptors (Lipinski definition) is 9. The molecule has 0 radical (unpaired) electrons. The summed E-state index contributed by atoms with van der Waals surface area (Å²) in [6.07, 6.45) is 15.7. The van der Waals surface area contributed by atoms with Crippen LogP contribution >= 0.6 is 0 Å². The molecule has 12 heteroatoms. The topological polar surface area (TPSA) is 120 Å². The van der Waals surface area contributed by atoms with Crippen molar-refractivity contribution in [1.29, 1.82) is 0 Å². The summed E-state index contributed by atoms with van der Waals surface area (Å²) in [6, 6.07) is 3.19. The van der Waals surface area contributed by atoms with Crippen LogP contribution in [0.15, 0.2) is 90.0 Å². The van der Waals surface area contributed by atoms with Crippen LogP contribution in [0.2, 0.25) is 25.7 Å². The molecule has 1 amide bonds. The van der Waals surface area contributed by atoms with Crippen molar-refractivity contribution in [3.8, 4) is 11.1 Å². The Morgan fingerprint density at radius 2 is 1.90 bits per heavy atom. The van der Waals surface area contributed by atoms with E-state index in [1.165, 1.54) is 6.20 Å². The first-order chi connectivity index (χ1) is 23.2. The molecule has 4 heterocycles. The molecule has 2 aliphatic rings. The van der Waals surface area contributed by atoms with Gasteiger partial charge in [-0.2, -0.15) is 5.10 Å². The number of piperidine rings is 1. The van der Waals surface area contributed by atoms with E-state index in [4.69, 9.17) is 29.9 Å². The number of aryl methyl sites for hydroxylation is 1. The van der Waals surface area contributed by atoms with Crippen LogP contribution in [0.3, 0.4) is 0 Å². The minimum atomic E-state index is -1.27. The molecule has 2 aromatic rings. The maximum Gasteiger partial charge on any atom is 0.410 e. The number of carbonyl (C=O) groups excluding carboxylic acids is 1. The fourth-order valence-electron chi connectivity index (χ4n) is 5.36. The fourth-order valence-corrected chi connectivity index (χ4v) is 6.12. The molecule has 2 N–H and O–H groups in total. The number of allylic oxidation sites excluding steroid dienone is 4. The number of carbonyl (C=O) groups is 1. The Morgan fingerprint density at radius 1 is 1.16 bits per heavy atom. The number of nitrogens with zero attached hydrogens (tertiary/aromatic N) is 6. The van der Waals surface area contributed by atoms with Gasteiger partial charge in [0.15, 0.2) is 0 Å². The molecule has 264 valence electrons. The van der Waals surface area contributed by atoms with Crippen LogP contribution in [0.25, 0.3) is 11.1 Å². The van der Waals surface area contributed by atoms with Crippen LogP contribution in [0.1, 0.15) is 39.2 Å². The Labute approximate surface area is 292 Å². The maximum atomic E-state index is 12.6. The van der Waals surface area contributed by atoms with Crippen molar-refractivity contribution >= 4 is 26.2 Å². The highest BCUT2D eigenvalue weighted by Crippen LogP contribution is 2.31. The van der Waals surface area contributed by atoms with Crippen molar-refractivity contribution in [2.75, 3.05) is 31.3 Å². The second-order valence-electron chi connectivity index (χ2n) is 14.6. The molecule has 0 bridgehead atoms. The Hall–Kier alpha value is -4.42. The van der Waals surface area contributed by atoms with Crippen molar-refractivity contribution in [1.82, 2.24) is 19.7 Å². The second-order valence-corrected chi connectivity index (χ2v) is 20.2.